The van der Waals surface area contributed by atoms with Crippen molar-refractivity contribution in [2.75, 3.05) is 58.1 Å². The van der Waals surface area contributed by atoms with Gasteiger partial charge in [0.15, 0.2) is 0 Å². The largest absolute Gasteiger partial charge is 0.444 e. The van der Waals surface area contributed by atoms with Crippen LogP contribution in [0.25, 0.3) is 0 Å². The fourth-order valence-corrected chi connectivity index (χ4v) is 4.69. The van der Waals surface area contributed by atoms with Crippen LogP contribution in [0.4, 0.5) is 21.0 Å². The molecule has 0 atom stereocenters. The first-order chi connectivity index (χ1) is 20.6. The van der Waals surface area contributed by atoms with Gasteiger partial charge in [0.05, 0.1) is 4.92 Å². The summed E-state index contributed by atoms with van der Waals surface area (Å²) < 4.78 is 10.8. The third kappa shape index (κ3) is 12.0. The van der Waals surface area contributed by atoms with Crippen LogP contribution in [0.3, 0.4) is 0 Å². The number of nitro groups is 1. The lowest BCUT2D eigenvalue weighted by molar-refractivity contribution is -0.384. The molecule has 0 aliphatic carbocycles. The highest BCUT2D eigenvalue weighted by Crippen LogP contribution is 2.17. The van der Waals surface area contributed by atoms with Gasteiger partial charge in [0.2, 0.25) is 0 Å². The highest BCUT2D eigenvalue weighted by atomic mass is 16.6. The average molecular weight is 613 g/mol. The van der Waals surface area contributed by atoms with Crippen molar-refractivity contribution in [3.8, 4) is 0 Å². The molecular formula is C32H48N6O6. The zero-order valence-electron chi connectivity index (χ0n) is 27.0. The smallest absolute Gasteiger partial charge is 0.410 e. The first-order valence-corrected chi connectivity index (χ1v) is 15.1. The summed E-state index contributed by atoms with van der Waals surface area (Å²) >= 11 is 0. The molecule has 2 fully saturated rings. The van der Waals surface area contributed by atoms with Crippen LogP contribution < -0.4 is 5.73 Å². The number of ether oxygens (including phenoxy) is 2. The van der Waals surface area contributed by atoms with Gasteiger partial charge in [0.25, 0.3) is 5.69 Å². The Balaban J connectivity index is 0.000000241. The molecule has 2 aromatic rings. The molecule has 0 radical (unpaired) electrons. The van der Waals surface area contributed by atoms with E-state index in [1.54, 1.807) is 21.9 Å². The van der Waals surface area contributed by atoms with Crippen molar-refractivity contribution in [3.05, 3.63) is 69.8 Å². The number of hydrogen-bond acceptors (Lipinski definition) is 9. The number of nitrogen functional groups attached to an aromatic ring is 1. The van der Waals surface area contributed by atoms with Gasteiger partial charge in [-0.2, -0.15) is 0 Å². The summed E-state index contributed by atoms with van der Waals surface area (Å²) in [6.45, 7) is 18.8. The van der Waals surface area contributed by atoms with Crippen molar-refractivity contribution in [1.82, 2.24) is 19.6 Å². The van der Waals surface area contributed by atoms with Gasteiger partial charge >= 0.3 is 12.2 Å². The fraction of sp³-hybridized carbons (Fsp3) is 0.562. The molecule has 2 heterocycles. The van der Waals surface area contributed by atoms with Crippen LogP contribution in [-0.2, 0) is 22.6 Å². The summed E-state index contributed by atoms with van der Waals surface area (Å²) in [6.07, 6.45) is -0.484. The molecule has 0 bridgehead atoms. The molecule has 0 spiro atoms. The maximum absolute atomic E-state index is 12.0. The number of carbonyl (C=O) groups is 2. The topological polar surface area (TPSA) is 135 Å². The number of carbonyl (C=O) groups excluding carboxylic acids is 2. The van der Waals surface area contributed by atoms with Gasteiger partial charge in [-0.3, -0.25) is 19.9 Å². The van der Waals surface area contributed by atoms with Crippen LogP contribution in [0.2, 0.25) is 0 Å². The summed E-state index contributed by atoms with van der Waals surface area (Å²) in [5.41, 5.74) is 7.94. The zero-order valence-corrected chi connectivity index (χ0v) is 27.0. The molecule has 0 unspecified atom stereocenters. The summed E-state index contributed by atoms with van der Waals surface area (Å²) in [6, 6.07) is 14.5. The Hall–Kier alpha value is -3.90. The zero-order chi connectivity index (χ0) is 32.5. The van der Waals surface area contributed by atoms with E-state index in [1.165, 1.54) is 17.7 Å². The maximum Gasteiger partial charge on any atom is 0.410 e. The average Bonchev–Trinajstić information content (AvgIpc) is 2.94. The van der Waals surface area contributed by atoms with Crippen molar-refractivity contribution in [3.63, 3.8) is 0 Å². The van der Waals surface area contributed by atoms with E-state index in [2.05, 4.69) is 21.9 Å². The number of hydrogen-bond donors (Lipinski definition) is 1. The quantitative estimate of drug-likeness (QED) is 0.282. The van der Waals surface area contributed by atoms with Gasteiger partial charge in [-0.25, -0.2) is 9.59 Å². The van der Waals surface area contributed by atoms with Gasteiger partial charge in [-0.05, 0) is 64.8 Å². The molecule has 242 valence electrons. The van der Waals surface area contributed by atoms with E-state index in [0.29, 0.717) is 26.2 Å². The molecule has 12 heteroatoms. The molecule has 12 nitrogen and oxygen atoms in total. The van der Waals surface area contributed by atoms with Crippen molar-refractivity contribution >= 4 is 23.6 Å². The van der Waals surface area contributed by atoms with E-state index in [0.717, 1.165) is 50.5 Å². The first-order valence-electron chi connectivity index (χ1n) is 15.1. The lowest BCUT2D eigenvalue weighted by Crippen LogP contribution is -2.49. The van der Waals surface area contributed by atoms with Crippen LogP contribution in [0.1, 0.15) is 52.7 Å². The Bertz CT molecular complexity index is 1220. The standard InChI is InChI=1S/C16H23N3O4.C16H25N3O2/c1-16(2,3)23-15(20)18-10-8-17(9-11-18)12-13-4-6-14(7-5-13)19(21)22;1-16(2,3)21-15(20)19-10-8-18(9-11-19)12-13-4-6-14(17)7-5-13/h4-7H,8-12H2,1-3H3;4-7H,8-12,17H2,1-3H3. The molecule has 2 saturated heterocycles. The van der Waals surface area contributed by atoms with E-state index in [1.807, 2.05) is 53.7 Å². The van der Waals surface area contributed by atoms with Crippen molar-refractivity contribution in [2.24, 2.45) is 0 Å². The summed E-state index contributed by atoms with van der Waals surface area (Å²) in [4.78, 5) is 42.3. The van der Waals surface area contributed by atoms with Gasteiger partial charge < -0.3 is 25.0 Å². The minimum atomic E-state index is -0.479. The fourth-order valence-electron chi connectivity index (χ4n) is 4.69. The summed E-state index contributed by atoms with van der Waals surface area (Å²) in [7, 11) is 0. The Morgan fingerprint density at radius 2 is 1.02 bits per heavy atom. The molecule has 44 heavy (non-hydrogen) atoms. The highest BCUT2D eigenvalue weighted by molar-refractivity contribution is 5.68. The molecular weight excluding hydrogens is 564 g/mol. The highest BCUT2D eigenvalue weighted by Gasteiger charge is 2.27. The second kappa shape index (κ2) is 15.2. The summed E-state index contributed by atoms with van der Waals surface area (Å²) in [5, 5.41) is 10.6. The monoisotopic (exact) mass is 612 g/mol. The number of nitrogens with two attached hydrogens (primary N) is 1. The third-order valence-corrected chi connectivity index (χ3v) is 6.99. The molecule has 4 rings (SSSR count). The van der Waals surface area contributed by atoms with Gasteiger partial charge in [-0.1, -0.05) is 24.3 Å². The number of non-ortho nitro benzene ring substituents is 1. The van der Waals surface area contributed by atoms with Gasteiger partial charge in [0, 0.05) is 83.3 Å². The molecule has 2 aliphatic rings. The number of nitro benzene ring substituents is 1. The Labute approximate surface area is 260 Å². The molecule has 2 aliphatic heterocycles. The molecule has 2 N–H and O–H groups in total. The lowest BCUT2D eigenvalue weighted by Gasteiger charge is -2.35. The van der Waals surface area contributed by atoms with E-state index in [4.69, 9.17) is 15.2 Å². The third-order valence-electron chi connectivity index (χ3n) is 6.99. The van der Waals surface area contributed by atoms with E-state index < -0.39 is 16.1 Å². The van der Waals surface area contributed by atoms with Crippen molar-refractivity contribution in [2.45, 2.75) is 65.8 Å². The minimum Gasteiger partial charge on any atom is -0.444 e. The van der Waals surface area contributed by atoms with Crippen molar-refractivity contribution < 1.29 is 24.0 Å². The molecule has 0 aromatic heterocycles. The van der Waals surface area contributed by atoms with Gasteiger partial charge in [-0.15, -0.1) is 0 Å². The van der Waals surface area contributed by atoms with Gasteiger partial charge in [0.1, 0.15) is 11.2 Å². The maximum atomic E-state index is 12.0. The number of amides is 2. The van der Waals surface area contributed by atoms with Crippen molar-refractivity contribution in [1.29, 1.82) is 0 Å². The van der Waals surface area contributed by atoms with Crippen LogP contribution >= 0.6 is 0 Å². The first kappa shape index (κ1) is 34.6. The second-order valence-corrected chi connectivity index (χ2v) is 13.2. The minimum absolute atomic E-state index is 0.100. The van der Waals surface area contributed by atoms with Crippen LogP contribution in [0, 0.1) is 10.1 Å². The van der Waals surface area contributed by atoms with E-state index in [9.17, 15) is 19.7 Å². The SMILES string of the molecule is CC(C)(C)OC(=O)N1CCN(Cc2ccc(N)cc2)CC1.CC(C)(C)OC(=O)N1CCN(Cc2ccc([N+](=O)[O-])cc2)CC1. The van der Waals surface area contributed by atoms with Crippen LogP contribution in [-0.4, -0.2) is 100 Å². The number of nitrogens with zero attached hydrogens (tertiary/aromatic N) is 5. The lowest BCUT2D eigenvalue weighted by atomic mass is 10.2. The molecule has 2 aromatic carbocycles. The van der Waals surface area contributed by atoms with Crippen LogP contribution in [0.15, 0.2) is 48.5 Å². The predicted octanol–water partition coefficient (Wildman–Crippen LogP) is 4.97. The predicted molar refractivity (Wildman–Crippen MR) is 170 cm³/mol. The normalized spacial score (nSPS) is 16.5. The molecule has 0 saturated carbocycles. The van der Waals surface area contributed by atoms with E-state index in [-0.39, 0.29) is 17.9 Å². The number of rotatable bonds is 5. The van der Waals surface area contributed by atoms with E-state index >= 15 is 0 Å². The number of benzene rings is 2. The molecule has 2 amide bonds. The Morgan fingerprint density at radius 1 is 0.682 bits per heavy atom. The Morgan fingerprint density at radius 3 is 1.34 bits per heavy atom. The Kier molecular flexibility index (Phi) is 12.0. The summed E-state index contributed by atoms with van der Waals surface area (Å²) in [5.74, 6) is 0. The second-order valence-electron chi connectivity index (χ2n) is 13.2. The number of piperazine rings is 2. The number of anilines is 1. The van der Waals surface area contributed by atoms with Crippen LogP contribution in [0.5, 0.6) is 0 Å².